The lowest BCUT2D eigenvalue weighted by Gasteiger charge is -2.03. The summed E-state index contributed by atoms with van der Waals surface area (Å²) in [6, 6.07) is 0. The smallest absolute Gasteiger partial charge is 0.309 e. The van der Waals surface area contributed by atoms with E-state index < -0.39 is 5.97 Å². The van der Waals surface area contributed by atoms with Gasteiger partial charge in [-0.15, -0.1) is 6.58 Å². The number of hydrogen-bond donors (Lipinski definition) is 1. The number of aliphatic carboxylic acids is 1. The van der Waals surface area contributed by atoms with Crippen molar-refractivity contribution in [3.63, 3.8) is 0 Å². The Labute approximate surface area is 76.5 Å². The Morgan fingerprint density at radius 2 is 2.54 bits per heavy atom. The molecule has 0 aliphatic carbocycles. The van der Waals surface area contributed by atoms with Gasteiger partial charge in [0.1, 0.15) is 0 Å². The molecule has 0 atom stereocenters. The van der Waals surface area contributed by atoms with Crippen molar-refractivity contribution in [2.75, 3.05) is 0 Å². The fourth-order valence-electron chi connectivity index (χ4n) is 1.18. The summed E-state index contributed by atoms with van der Waals surface area (Å²) in [6.07, 6.45) is 3.36. The quantitative estimate of drug-likeness (QED) is 0.703. The lowest BCUT2D eigenvalue weighted by molar-refractivity contribution is -0.136. The molecule has 0 aromatic carbocycles. The molecule has 0 saturated carbocycles. The largest absolute Gasteiger partial charge is 0.481 e. The van der Waals surface area contributed by atoms with E-state index in [9.17, 15) is 4.79 Å². The van der Waals surface area contributed by atoms with E-state index in [1.807, 2.05) is 0 Å². The van der Waals surface area contributed by atoms with Crippen molar-refractivity contribution >= 4 is 5.97 Å². The number of hydrogen-bond acceptors (Lipinski definition) is 2. The molecule has 0 radical (unpaired) electrons. The van der Waals surface area contributed by atoms with Crippen molar-refractivity contribution in [1.82, 2.24) is 9.55 Å². The van der Waals surface area contributed by atoms with Gasteiger partial charge in [-0.25, -0.2) is 4.98 Å². The molecule has 0 bridgehead atoms. The van der Waals surface area contributed by atoms with Crippen LogP contribution in [0.1, 0.15) is 11.4 Å². The fourth-order valence-corrected chi connectivity index (χ4v) is 1.18. The van der Waals surface area contributed by atoms with Crippen molar-refractivity contribution in [2.45, 2.75) is 19.9 Å². The molecular weight excluding hydrogens is 168 g/mol. The van der Waals surface area contributed by atoms with Gasteiger partial charge in [0.15, 0.2) is 0 Å². The zero-order valence-electron chi connectivity index (χ0n) is 7.53. The topological polar surface area (TPSA) is 55.1 Å². The minimum absolute atomic E-state index is 0.0136. The normalized spacial score (nSPS) is 9.92. The summed E-state index contributed by atoms with van der Waals surface area (Å²) in [5, 5.41) is 8.64. The highest BCUT2D eigenvalue weighted by Gasteiger charge is 2.09. The van der Waals surface area contributed by atoms with E-state index in [1.54, 1.807) is 23.9 Å². The SMILES string of the molecule is C=CCn1cnc(C)c1CC(=O)O. The summed E-state index contributed by atoms with van der Waals surface area (Å²) in [4.78, 5) is 14.5. The highest BCUT2D eigenvalue weighted by Crippen LogP contribution is 2.07. The second kappa shape index (κ2) is 3.89. The van der Waals surface area contributed by atoms with Gasteiger partial charge >= 0.3 is 5.97 Å². The molecule has 0 spiro atoms. The van der Waals surface area contributed by atoms with Gasteiger partial charge in [-0.05, 0) is 6.92 Å². The van der Waals surface area contributed by atoms with Crippen molar-refractivity contribution in [3.05, 3.63) is 30.4 Å². The van der Waals surface area contributed by atoms with E-state index >= 15 is 0 Å². The maximum Gasteiger partial charge on any atom is 0.309 e. The standard InChI is InChI=1S/C9H12N2O2/c1-3-4-11-6-10-7(2)8(11)5-9(12)13/h3,6H,1,4-5H2,2H3,(H,12,13). The van der Waals surface area contributed by atoms with Gasteiger partial charge in [0.2, 0.25) is 0 Å². The molecule has 13 heavy (non-hydrogen) atoms. The van der Waals surface area contributed by atoms with E-state index in [0.717, 1.165) is 11.4 Å². The van der Waals surface area contributed by atoms with Gasteiger partial charge in [-0.3, -0.25) is 4.79 Å². The third-order valence-electron chi connectivity index (χ3n) is 1.80. The Morgan fingerprint density at radius 3 is 3.08 bits per heavy atom. The van der Waals surface area contributed by atoms with Crippen LogP contribution in [0.3, 0.4) is 0 Å². The Kier molecular flexibility index (Phi) is 2.84. The molecule has 1 N–H and O–H groups in total. The summed E-state index contributed by atoms with van der Waals surface area (Å²) >= 11 is 0. The molecule has 1 rings (SSSR count). The van der Waals surface area contributed by atoms with Crippen LogP contribution in [0.25, 0.3) is 0 Å². The fraction of sp³-hybridized carbons (Fsp3) is 0.333. The summed E-state index contributed by atoms with van der Waals surface area (Å²) in [5.41, 5.74) is 1.51. The molecule has 0 aliphatic rings. The maximum atomic E-state index is 10.5. The first-order valence-corrected chi connectivity index (χ1v) is 3.98. The van der Waals surface area contributed by atoms with Crippen LogP contribution in [0.5, 0.6) is 0 Å². The molecule has 1 aromatic rings. The van der Waals surface area contributed by atoms with Crippen LogP contribution in [0, 0.1) is 6.92 Å². The summed E-state index contributed by atoms with van der Waals surface area (Å²) in [6.45, 7) is 5.99. The molecule has 4 nitrogen and oxygen atoms in total. The van der Waals surface area contributed by atoms with Crippen LogP contribution in [0.4, 0.5) is 0 Å². The molecule has 4 heteroatoms. The van der Waals surface area contributed by atoms with E-state index in [0.29, 0.717) is 6.54 Å². The van der Waals surface area contributed by atoms with Crippen LogP contribution in [0.15, 0.2) is 19.0 Å². The second-order valence-corrected chi connectivity index (χ2v) is 2.79. The molecule has 0 amide bonds. The third kappa shape index (κ3) is 2.18. The molecule has 0 aliphatic heterocycles. The van der Waals surface area contributed by atoms with E-state index in [2.05, 4.69) is 11.6 Å². The van der Waals surface area contributed by atoms with Gasteiger partial charge in [0.05, 0.1) is 24.1 Å². The van der Waals surface area contributed by atoms with Crippen molar-refractivity contribution in [2.24, 2.45) is 0 Å². The van der Waals surface area contributed by atoms with Crippen LogP contribution >= 0.6 is 0 Å². The first-order chi connectivity index (χ1) is 6.15. The van der Waals surface area contributed by atoms with Crippen LogP contribution in [0.2, 0.25) is 0 Å². The zero-order valence-corrected chi connectivity index (χ0v) is 7.53. The number of rotatable bonds is 4. The Bertz CT molecular complexity index is 328. The maximum absolute atomic E-state index is 10.5. The number of aryl methyl sites for hydroxylation is 1. The number of aromatic nitrogens is 2. The van der Waals surface area contributed by atoms with Gasteiger partial charge in [-0.2, -0.15) is 0 Å². The van der Waals surface area contributed by atoms with E-state index in [1.165, 1.54) is 0 Å². The molecule has 1 aromatic heterocycles. The number of nitrogens with zero attached hydrogens (tertiary/aromatic N) is 2. The Balaban J connectivity index is 2.93. The first kappa shape index (κ1) is 9.51. The Morgan fingerprint density at radius 1 is 1.85 bits per heavy atom. The molecule has 70 valence electrons. The highest BCUT2D eigenvalue weighted by atomic mass is 16.4. The second-order valence-electron chi connectivity index (χ2n) is 2.79. The summed E-state index contributed by atoms with van der Waals surface area (Å²) in [7, 11) is 0. The van der Waals surface area contributed by atoms with E-state index in [-0.39, 0.29) is 6.42 Å². The van der Waals surface area contributed by atoms with Crippen LogP contribution in [-0.2, 0) is 17.8 Å². The van der Waals surface area contributed by atoms with Crippen molar-refractivity contribution in [1.29, 1.82) is 0 Å². The average Bonchev–Trinajstić information content (AvgIpc) is 2.36. The third-order valence-corrected chi connectivity index (χ3v) is 1.80. The number of allylic oxidation sites excluding steroid dienone is 1. The van der Waals surface area contributed by atoms with Gasteiger partial charge in [0.25, 0.3) is 0 Å². The average molecular weight is 180 g/mol. The van der Waals surface area contributed by atoms with Gasteiger partial charge in [0, 0.05) is 6.54 Å². The van der Waals surface area contributed by atoms with Gasteiger partial charge in [-0.1, -0.05) is 6.08 Å². The van der Waals surface area contributed by atoms with Gasteiger partial charge < -0.3 is 9.67 Å². The molecule has 0 saturated heterocycles. The first-order valence-electron chi connectivity index (χ1n) is 3.98. The highest BCUT2D eigenvalue weighted by molar-refractivity contribution is 5.69. The number of carboxylic acids is 1. The molecule has 1 heterocycles. The molecule has 0 fully saturated rings. The number of carboxylic acid groups (broad SMARTS) is 1. The lowest BCUT2D eigenvalue weighted by Crippen LogP contribution is -2.08. The lowest BCUT2D eigenvalue weighted by atomic mass is 10.2. The monoisotopic (exact) mass is 180 g/mol. The number of carbonyl (C=O) groups is 1. The summed E-state index contributed by atoms with van der Waals surface area (Å²) < 4.78 is 1.79. The van der Waals surface area contributed by atoms with Crippen molar-refractivity contribution in [3.8, 4) is 0 Å². The Hall–Kier alpha value is -1.58. The predicted octanol–water partition coefficient (Wildman–Crippen LogP) is 1.00. The summed E-state index contributed by atoms with van der Waals surface area (Å²) in [5.74, 6) is -0.839. The predicted molar refractivity (Wildman–Crippen MR) is 48.5 cm³/mol. The van der Waals surface area contributed by atoms with Crippen LogP contribution < -0.4 is 0 Å². The van der Waals surface area contributed by atoms with E-state index in [4.69, 9.17) is 5.11 Å². The molecular formula is C9H12N2O2. The van der Waals surface area contributed by atoms with Crippen molar-refractivity contribution < 1.29 is 9.90 Å². The minimum atomic E-state index is -0.839. The zero-order chi connectivity index (χ0) is 9.84. The molecule has 0 unspecified atom stereocenters. The number of imidazole rings is 1. The minimum Gasteiger partial charge on any atom is -0.481 e. The van der Waals surface area contributed by atoms with Crippen LogP contribution in [-0.4, -0.2) is 20.6 Å².